The molecule has 20 heavy (non-hydrogen) atoms. The third-order valence-electron chi connectivity index (χ3n) is 2.42. The minimum Gasteiger partial charge on any atom is -0.320 e. The Labute approximate surface area is 140 Å². The van der Waals surface area contributed by atoms with Gasteiger partial charge >= 0.3 is 0 Å². The Bertz CT molecular complexity index is 623. The summed E-state index contributed by atoms with van der Waals surface area (Å²) in [6.07, 6.45) is 1.45. The van der Waals surface area contributed by atoms with E-state index in [9.17, 15) is 4.79 Å². The van der Waals surface area contributed by atoms with Gasteiger partial charge in [-0.25, -0.2) is 10.8 Å². The Balaban J connectivity index is 2.23. The number of benzene rings is 1. The van der Waals surface area contributed by atoms with Crippen molar-refractivity contribution in [3.63, 3.8) is 0 Å². The van der Waals surface area contributed by atoms with E-state index < -0.39 is 0 Å². The van der Waals surface area contributed by atoms with Crippen LogP contribution in [-0.4, -0.2) is 10.9 Å². The van der Waals surface area contributed by atoms with Gasteiger partial charge in [0, 0.05) is 19.6 Å². The van der Waals surface area contributed by atoms with Gasteiger partial charge in [0.2, 0.25) is 0 Å². The van der Waals surface area contributed by atoms with Crippen molar-refractivity contribution < 1.29 is 4.79 Å². The average molecular weight is 465 g/mol. The van der Waals surface area contributed by atoms with E-state index >= 15 is 0 Å². The summed E-state index contributed by atoms with van der Waals surface area (Å²) in [6, 6.07) is 6.96. The van der Waals surface area contributed by atoms with Crippen LogP contribution in [0.3, 0.4) is 0 Å². The summed E-state index contributed by atoms with van der Waals surface area (Å²) in [5.41, 5.74) is 3.49. The number of nitrogens with zero attached hydrogens (tertiary/aromatic N) is 1. The molecule has 1 heterocycles. The summed E-state index contributed by atoms with van der Waals surface area (Å²) in [7, 11) is 0. The van der Waals surface area contributed by atoms with Crippen LogP contribution in [-0.2, 0) is 0 Å². The number of halogens is 3. The lowest BCUT2D eigenvalue weighted by Gasteiger charge is -2.10. The van der Waals surface area contributed by atoms with Gasteiger partial charge in [-0.05, 0) is 56.1 Å². The van der Waals surface area contributed by atoms with Gasteiger partial charge in [-0.2, -0.15) is 0 Å². The van der Waals surface area contributed by atoms with E-state index in [1.165, 1.54) is 6.20 Å². The first-order valence-electron chi connectivity index (χ1n) is 5.40. The molecule has 0 saturated carbocycles. The molecule has 1 aromatic carbocycles. The minimum absolute atomic E-state index is 0.259. The average Bonchev–Trinajstić information content (AvgIpc) is 2.42. The number of pyridine rings is 1. The molecule has 4 N–H and O–H groups in total. The molecule has 2 aromatic rings. The zero-order valence-corrected chi connectivity index (χ0v) is 14.7. The molecule has 0 aliphatic carbocycles. The highest BCUT2D eigenvalue weighted by Crippen LogP contribution is 2.34. The standard InChI is InChI=1S/C12H9Br3N4O/c13-7-3-8(14)11(9(15)4-7)18-12(20)6-1-2-10(19-16)17-5-6/h1-5H,16H2,(H,17,19)(H,18,20). The van der Waals surface area contributed by atoms with Crippen molar-refractivity contribution in [1.29, 1.82) is 0 Å². The number of nitrogen functional groups attached to an aromatic ring is 1. The molecule has 8 heteroatoms. The van der Waals surface area contributed by atoms with Crippen LogP contribution < -0.4 is 16.6 Å². The number of hydrogen-bond donors (Lipinski definition) is 3. The molecule has 0 bridgehead atoms. The van der Waals surface area contributed by atoms with E-state index in [1.54, 1.807) is 12.1 Å². The second kappa shape index (κ2) is 6.66. The maximum atomic E-state index is 12.1. The van der Waals surface area contributed by atoms with Gasteiger partial charge in [0.1, 0.15) is 5.82 Å². The predicted molar refractivity (Wildman–Crippen MR) is 89.5 cm³/mol. The number of amides is 1. The molecule has 2 rings (SSSR count). The molecule has 1 amide bonds. The fourth-order valence-corrected chi connectivity index (χ4v) is 3.92. The van der Waals surface area contributed by atoms with Gasteiger partial charge in [-0.15, -0.1) is 0 Å². The Kier molecular flexibility index (Phi) is 5.14. The maximum Gasteiger partial charge on any atom is 0.257 e. The normalized spacial score (nSPS) is 10.2. The molecule has 0 unspecified atom stereocenters. The number of nitrogens with one attached hydrogen (secondary N) is 2. The van der Waals surface area contributed by atoms with Crippen LogP contribution in [0.5, 0.6) is 0 Å². The summed E-state index contributed by atoms with van der Waals surface area (Å²) in [4.78, 5) is 16.1. The van der Waals surface area contributed by atoms with Gasteiger partial charge in [0.05, 0.1) is 11.3 Å². The van der Waals surface area contributed by atoms with Crippen molar-refractivity contribution in [1.82, 2.24) is 4.98 Å². The van der Waals surface area contributed by atoms with Crippen LogP contribution in [0, 0.1) is 0 Å². The molecule has 0 aliphatic heterocycles. The molecule has 5 nitrogen and oxygen atoms in total. The van der Waals surface area contributed by atoms with Gasteiger partial charge in [0.25, 0.3) is 5.91 Å². The summed E-state index contributed by atoms with van der Waals surface area (Å²) in [6.45, 7) is 0. The van der Waals surface area contributed by atoms with E-state index in [0.29, 0.717) is 17.1 Å². The molecule has 0 fully saturated rings. The van der Waals surface area contributed by atoms with Crippen molar-refractivity contribution >= 4 is 65.2 Å². The lowest BCUT2D eigenvalue weighted by molar-refractivity contribution is 0.102. The van der Waals surface area contributed by atoms with Gasteiger partial charge in [-0.1, -0.05) is 15.9 Å². The highest BCUT2D eigenvalue weighted by atomic mass is 79.9. The fourth-order valence-electron chi connectivity index (χ4n) is 1.46. The number of hydrazine groups is 1. The van der Waals surface area contributed by atoms with E-state index in [0.717, 1.165) is 13.4 Å². The molecule has 0 aliphatic rings. The Morgan fingerprint density at radius 1 is 1.15 bits per heavy atom. The number of nitrogens with two attached hydrogens (primary N) is 1. The first-order valence-corrected chi connectivity index (χ1v) is 7.77. The van der Waals surface area contributed by atoms with Gasteiger partial charge < -0.3 is 10.7 Å². The highest BCUT2D eigenvalue weighted by molar-refractivity contribution is 9.11. The van der Waals surface area contributed by atoms with E-state index in [2.05, 4.69) is 63.5 Å². The van der Waals surface area contributed by atoms with E-state index in [4.69, 9.17) is 5.84 Å². The molecular formula is C12H9Br3N4O. The third kappa shape index (κ3) is 3.57. The maximum absolute atomic E-state index is 12.1. The molecule has 0 atom stereocenters. The predicted octanol–water partition coefficient (Wildman–Crippen LogP) is 3.91. The largest absolute Gasteiger partial charge is 0.320 e. The van der Waals surface area contributed by atoms with Gasteiger partial charge in [0.15, 0.2) is 0 Å². The fraction of sp³-hybridized carbons (Fsp3) is 0. The smallest absolute Gasteiger partial charge is 0.257 e. The van der Waals surface area contributed by atoms with Crippen LogP contribution in [0.25, 0.3) is 0 Å². The molecule has 0 saturated heterocycles. The van der Waals surface area contributed by atoms with Gasteiger partial charge in [-0.3, -0.25) is 4.79 Å². The summed E-state index contributed by atoms with van der Waals surface area (Å²) >= 11 is 10.2. The number of carbonyl (C=O) groups excluding carboxylic acids is 1. The lowest BCUT2D eigenvalue weighted by Crippen LogP contribution is -2.14. The quantitative estimate of drug-likeness (QED) is 0.475. The summed E-state index contributed by atoms with van der Waals surface area (Å²) in [5.74, 6) is 5.46. The highest BCUT2D eigenvalue weighted by Gasteiger charge is 2.12. The molecular weight excluding hydrogens is 456 g/mol. The van der Waals surface area contributed by atoms with Crippen LogP contribution in [0.2, 0.25) is 0 Å². The van der Waals surface area contributed by atoms with E-state index in [1.807, 2.05) is 12.1 Å². The summed E-state index contributed by atoms with van der Waals surface area (Å²) < 4.78 is 2.43. The Morgan fingerprint density at radius 3 is 2.30 bits per heavy atom. The second-order valence-corrected chi connectivity index (χ2v) is 6.40. The third-order valence-corrected chi connectivity index (χ3v) is 4.13. The van der Waals surface area contributed by atoms with Crippen molar-refractivity contribution in [3.05, 3.63) is 49.4 Å². The number of rotatable bonds is 3. The summed E-state index contributed by atoms with van der Waals surface area (Å²) in [5, 5.41) is 2.81. The first-order chi connectivity index (χ1) is 9.51. The molecule has 104 valence electrons. The number of hydrogen-bond acceptors (Lipinski definition) is 4. The zero-order chi connectivity index (χ0) is 14.7. The lowest BCUT2D eigenvalue weighted by atomic mass is 10.2. The van der Waals surface area contributed by atoms with Crippen molar-refractivity contribution in [2.45, 2.75) is 0 Å². The topological polar surface area (TPSA) is 80.0 Å². The van der Waals surface area contributed by atoms with Crippen molar-refractivity contribution in [3.8, 4) is 0 Å². The molecule has 0 radical (unpaired) electrons. The minimum atomic E-state index is -0.259. The van der Waals surface area contributed by atoms with Crippen LogP contribution in [0.15, 0.2) is 43.9 Å². The van der Waals surface area contributed by atoms with Crippen LogP contribution in [0.4, 0.5) is 11.5 Å². The Hall–Kier alpha value is -0.960. The van der Waals surface area contributed by atoms with Crippen molar-refractivity contribution in [2.75, 3.05) is 10.7 Å². The Morgan fingerprint density at radius 2 is 1.80 bits per heavy atom. The second-order valence-electron chi connectivity index (χ2n) is 3.78. The van der Waals surface area contributed by atoms with Crippen molar-refractivity contribution in [2.24, 2.45) is 5.84 Å². The molecule has 0 spiro atoms. The van der Waals surface area contributed by atoms with Crippen LogP contribution in [0.1, 0.15) is 10.4 Å². The number of aromatic nitrogens is 1. The monoisotopic (exact) mass is 462 g/mol. The molecule has 1 aromatic heterocycles. The van der Waals surface area contributed by atoms with E-state index in [-0.39, 0.29) is 5.91 Å². The SMILES string of the molecule is NNc1ccc(C(=O)Nc2c(Br)cc(Br)cc2Br)cn1. The number of anilines is 2. The van der Waals surface area contributed by atoms with Crippen LogP contribution >= 0.6 is 47.8 Å². The zero-order valence-electron chi connectivity index (χ0n) is 9.95. The first kappa shape index (κ1) is 15.4. The number of carbonyl (C=O) groups is 1.